The van der Waals surface area contributed by atoms with E-state index in [4.69, 9.17) is 0 Å². The van der Waals surface area contributed by atoms with Gasteiger partial charge in [-0.1, -0.05) is 0 Å². The van der Waals surface area contributed by atoms with Crippen molar-refractivity contribution >= 4 is 25.7 Å². The van der Waals surface area contributed by atoms with Crippen LogP contribution in [0.1, 0.15) is 39.0 Å². The first kappa shape index (κ1) is 13.4. The van der Waals surface area contributed by atoms with Crippen molar-refractivity contribution in [3.8, 4) is 0 Å². The van der Waals surface area contributed by atoms with Gasteiger partial charge in [0, 0.05) is 0 Å². The summed E-state index contributed by atoms with van der Waals surface area (Å²) in [6, 6.07) is 10.3. The molecule has 0 heterocycles. The molecule has 1 aromatic carbocycles. The molecule has 1 unspecified atom stereocenters. The zero-order chi connectivity index (χ0) is 12.1. The second kappa shape index (κ2) is 6.23. The average Bonchev–Trinajstić information content (AvgIpc) is 2.41. The molecule has 0 aliphatic heterocycles. The minimum absolute atomic E-state index is 0.288. The van der Waals surface area contributed by atoms with Crippen LogP contribution >= 0.6 is 5.83 Å². The molecule has 1 aliphatic rings. The Bertz CT molecular complexity index is 384. The van der Waals surface area contributed by atoms with Crippen LogP contribution in [0.15, 0.2) is 30.3 Å². The fourth-order valence-electron chi connectivity index (χ4n) is 2.64. The van der Waals surface area contributed by atoms with Gasteiger partial charge in [0.15, 0.2) is 0 Å². The predicted molar refractivity (Wildman–Crippen MR) is 76.8 cm³/mol. The van der Waals surface area contributed by atoms with Crippen molar-refractivity contribution < 1.29 is 4.57 Å². The summed E-state index contributed by atoms with van der Waals surface area (Å²) in [4.78, 5) is 0. The van der Waals surface area contributed by atoms with E-state index in [0.717, 1.165) is 10.6 Å². The Morgan fingerprint density at radius 3 is 2.41 bits per heavy atom. The number of hydrogen-bond donors (Lipinski definition) is 0. The Labute approximate surface area is 111 Å². The van der Waals surface area contributed by atoms with Crippen molar-refractivity contribution in [1.82, 2.24) is 0 Å². The van der Waals surface area contributed by atoms with Gasteiger partial charge in [-0.25, -0.2) is 0 Å². The molecule has 3 heteroatoms. The van der Waals surface area contributed by atoms with Crippen molar-refractivity contribution in [2.75, 3.05) is 0 Å². The summed E-state index contributed by atoms with van der Waals surface area (Å²) in [5.74, 6) is -2.08. The van der Waals surface area contributed by atoms with Crippen LogP contribution in [0.3, 0.4) is 0 Å². The van der Waals surface area contributed by atoms with E-state index in [1.807, 2.05) is 18.2 Å². The van der Waals surface area contributed by atoms with Crippen LogP contribution in [0, 0.1) is 0 Å². The van der Waals surface area contributed by atoms with Gasteiger partial charge in [-0.3, -0.25) is 0 Å². The summed E-state index contributed by atoms with van der Waals surface area (Å²) in [6.45, 7) is 2.18. The molecule has 0 aromatic heterocycles. The number of benzene rings is 1. The van der Waals surface area contributed by atoms with Gasteiger partial charge in [-0.2, -0.15) is 0 Å². The van der Waals surface area contributed by atoms with Crippen molar-refractivity contribution in [3.63, 3.8) is 0 Å². The normalized spacial score (nSPS) is 21.0. The molecule has 0 saturated heterocycles. The first-order valence-corrected chi connectivity index (χ1v) is 11.8. The second-order valence-electron chi connectivity index (χ2n) is 4.64. The number of hydrogen-bond acceptors (Lipinski definition) is 1. The van der Waals surface area contributed by atoms with E-state index in [-0.39, 0.29) is 14.5 Å². The summed E-state index contributed by atoms with van der Waals surface area (Å²) in [5, 5.41) is 2.24. The van der Waals surface area contributed by atoms with Crippen LogP contribution in [0.25, 0.3) is 0 Å². The first-order chi connectivity index (χ1) is 8.27. The molecule has 94 valence electrons. The van der Waals surface area contributed by atoms with Crippen LogP contribution in [0.4, 0.5) is 0 Å². The van der Waals surface area contributed by atoms with Gasteiger partial charge in [-0.05, 0) is 0 Å². The molecule has 0 amide bonds. The van der Waals surface area contributed by atoms with Gasteiger partial charge in [0.2, 0.25) is 0 Å². The maximum atomic E-state index is 13.4. The predicted octanol–water partition coefficient (Wildman–Crippen LogP) is 4.07. The third-order valence-corrected chi connectivity index (χ3v) is 13.9. The van der Waals surface area contributed by atoms with Gasteiger partial charge in [0.05, 0.1) is 0 Å². The van der Waals surface area contributed by atoms with E-state index < -0.39 is 5.83 Å². The monoisotopic (exact) mass is 316 g/mol. The molecule has 0 bridgehead atoms. The molecule has 0 spiro atoms. The minimum atomic E-state index is -2.08. The van der Waals surface area contributed by atoms with Crippen molar-refractivity contribution in [3.05, 3.63) is 30.3 Å². The van der Waals surface area contributed by atoms with E-state index in [9.17, 15) is 4.57 Å². The molecule has 0 radical (unpaired) electrons. The van der Waals surface area contributed by atoms with E-state index >= 15 is 0 Å². The van der Waals surface area contributed by atoms with Gasteiger partial charge in [-0.15, -0.1) is 0 Å². The summed E-state index contributed by atoms with van der Waals surface area (Å²) < 4.78 is 13.4. The SMILES string of the molecule is CC[Se]P(=O)(c1ccccc1)C1CCCCC1. The van der Waals surface area contributed by atoms with E-state index in [0.29, 0.717) is 5.66 Å². The molecule has 0 N–H and O–H groups in total. The summed E-state index contributed by atoms with van der Waals surface area (Å²) in [5.41, 5.74) is 0.485. The third-order valence-electron chi connectivity index (χ3n) is 3.49. The van der Waals surface area contributed by atoms with E-state index in [1.54, 1.807) is 0 Å². The fourth-order valence-corrected chi connectivity index (χ4v) is 12.2. The fraction of sp³-hybridized carbons (Fsp3) is 0.571. The van der Waals surface area contributed by atoms with E-state index in [2.05, 4.69) is 19.1 Å². The van der Waals surface area contributed by atoms with Crippen molar-refractivity contribution in [1.29, 1.82) is 0 Å². The molecule has 1 aromatic rings. The van der Waals surface area contributed by atoms with Gasteiger partial charge in [0.1, 0.15) is 0 Å². The Morgan fingerprint density at radius 2 is 1.82 bits per heavy atom. The standard InChI is InChI=1S/C14H21OPSe/c1-2-17-16(15,13-9-5-3-6-10-13)14-11-7-4-8-12-14/h3,5-6,9-10,14H,2,4,7-8,11-12H2,1H3. The summed E-state index contributed by atoms with van der Waals surface area (Å²) in [6.07, 6.45) is 6.27. The van der Waals surface area contributed by atoms with Gasteiger partial charge < -0.3 is 0 Å². The van der Waals surface area contributed by atoms with Crippen LogP contribution in [0.2, 0.25) is 5.32 Å². The second-order valence-corrected chi connectivity index (χ2v) is 13.6. The van der Waals surface area contributed by atoms with Gasteiger partial charge in [0.25, 0.3) is 0 Å². The molecular weight excluding hydrogens is 294 g/mol. The molecule has 1 nitrogen and oxygen atoms in total. The number of rotatable bonds is 4. The Kier molecular flexibility index (Phi) is 4.91. The molecule has 2 rings (SSSR count). The summed E-state index contributed by atoms with van der Waals surface area (Å²) >= 11 is 0.288. The van der Waals surface area contributed by atoms with Crippen molar-refractivity contribution in [2.24, 2.45) is 0 Å². The van der Waals surface area contributed by atoms with E-state index in [1.165, 1.54) is 32.1 Å². The molecule has 1 saturated carbocycles. The third kappa shape index (κ3) is 3.05. The van der Waals surface area contributed by atoms with Crippen LogP contribution in [-0.4, -0.2) is 20.2 Å². The summed E-state index contributed by atoms with van der Waals surface area (Å²) in [7, 11) is 0. The first-order valence-electron chi connectivity index (χ1n) is 6.57. The Balaban J connectivity index is 2.28. The van der Waals surface area contributed by atoms with Crippen molar-refractivity contribution in [2.45, 2.75) is 50.0 Å². The molecule has 1 aliphatic carbocycles. The zero-order valence-corrected chi connectivity index (χ0v) is 13.1. The molecule has 1 atom stereocenters. The van der Waals surface area contributed by atoms with Crippen LogP contribution in [-0.2, 0) is 4.57 Å². The van der Waals surface area contributed by atoms with Gasteiger partial charge >= 0.3 is 111 Å². The zero-order valence-electron chi connectivity index (χ0n) is 10.5. The Hall–Kier alpha value is -0.0305. The maximum absolute atomic E-state index is 13.4. The molecule has 17 heavy (non-hydrogen) atoms. The molecule has 1 fully saturated rings. The average molecular weight is 315 g/mol. The van der Waals surface area contributed by atoms with Crippen LogP contribution in [0.5, 0.6) is 0 Å². The molecular formula is C14H21OPSe. The quantitative estimate of drug-likeness (QED) is 0.605. The topological polar surface area (TPSA) is 17.1 Å². The van der Waals surface area contributed by atoms with Crippen LogP contribution < -0.4 is 5.30 Å². The Morgan fingerprint density at radius 1 is 1.18 bits per heavy atom.